The summed E-state index contributed by atoms with van der Waals surface area (Å²) in [5.41, 5.74) is 0.155. The van der Waals surface area contributed by atoms with Gasteiger partial charge in [-0.2, -0.15) is 0 Å². The van der Waals surface area contributed by atoms with Crippen LogP contribution in [0.15, 0.2) is 30.5 Å². The molecule has 0 aliphatic rings. The molecule has 2 amide bonds. The molecule has 0 unspecified atom stereocenters. The second-order valence-corrected chi connectivity index (χ2v) is 5.35. The Kier molecular flexibility index (Phi) is 6.21. The fourth-order valence-corrected chi connectivity index (χ4v) is 2.27. The highest BCUT2D eigenvalue weighted by molar-refractivity contribution is 5.99. The third-order valence-electron chi connectivity index (χ3n) is 3.60. The lowest BCUT2D eigenvalue weighted by Gasteiger charge is -2.17. The molecule has 3 N–H and O–H groups in total. The summed E-state index contributed by atoms with van der Waals surface area (Å²) in [4.78, 5) is 28.0. The maximum Gasteiger partial charge on any atom is 0.299 e. The Morgan fingerprint density at radius 2 is 1.96 bits per heavy atom. The summed E-state index contributed by atoms with van der Waals surface area (Å²) >= 11 is 0. The molecule has 26 heavy (non-hydrogen) atoms. The van der Waals surface area contributed by atoms with Crippen LogP contribution in [0, 0.1) is 5.82 Å². The third kappa shape index (κ3) is 4.13. The number of amides is 2. The molecule has 0 atom stereocenters. The van der Waals surface area contributed by atoms with Crippen LogP contribution < -0.4 is 5.32 Å². The highest BCUT2D eigenvalue weighted by Crippen LogP contribution is 2.26. The van der Waals surface area contributed by atoms with Gasteiger partial charge in [0.15, 0.2) is 11.4 Å². The summed E-state index contributed by atoms with van der Waals surface area (Å²) in [6, 6.07) is 5.20. The van der Waals surface area contributed by atoms with Gasteiger partial charge in [0.25, 0.3) is 11.8 Å². The number of carbonyl (C=O) groups is 2. The predicted octanol–water partition coefficient (Wildman–Crippen LogP) is 1.46. The summed E-state index contributed by atoms with van der Waals surface area (Å²) in [5.74, 6) is -2.49. The van der Waals surface area contributed by atoms with E-state index in [2.05, 4.69) is 10.3 Å². The molecule has 0 fully saturated rings. The van der Waals surface area contributed by atoms with Crippen LogP contribution in [0.25, 0.3) is 0 Å². The summed E-state index contributed by atoms with van der Waals surface area (Å²) in [5, 5.41) is 23.1. The van der Waals surface area contributed by atoms with E-state index >= 15 is 0 Å². The summed E-state index contributed by atoms with van der Waals surface area (Å²) in [7, 11) is 2.77. The van der Waals surface area contributed by atoms with Gasteiger partial charge in [-0.3, -0.25) is 14.8 Å². The van der Waals surface area contributed by atoms with E-state index in [0.29, 0.717) is 10.6 Å². The van der Waals surface area contributed by atoms with E-state index < -0.39 is 29.1 Å². The van der Waals surface area contributed by atoms with Crippen LogP contribution in [0.3, 0.4) is 0 Å². The molecule has 0 saturated heterocycles. The minimum absolute atomic E-state index is 0.0476. The Hall–Kier alpha value is -3.04. The number of carbonyl (C=O) groups excluding carboxylic acids is 2. The first kappa shape index (κ1) is 19.3. The molecule has 1 aromatic carbocycles. The van der Waals surface area contributed by atoms with Crippen molar-refractivity contribution in [3.05, 3.63) is 58.7 Å². The number of aromatic nitrogens is 1. The minimum Gasteiger partial charge on any atom is -0.505 e. The molecule has 0 saturated carbocycles. The predicted molar refractivity (Wildman–Crippen MR) is 88.1 cm³/mol. The van der Waals surface area contributed by atoms with Crippen molar-refractivity contribution in [3.63, 3.8) is 0 Å². The average Bonchev–Trinajstić information content (AvgIpc) is 2.64. The summed E-state index contributed by atoms with van der Waals surface area (Å²) in [6.07, 6.45) is 1.12. The molecule has 2 aromatic rings. The molecule has 0 aliphatic heterocycles. The van der Waals surface area contributed by atoms with Crippen molar-refractivity contribution < 1.29 is 29.0 Å². The zero-order valence-corrected chi connectivity index (χ0v) is 14.2. The number of halogens is 1. The molecule has 0 spiro atoms. The Morgan fingerprint density at radius 3 is 2.54 bits per heavy atom. The second kappa shape index (κ2) is 8.37. The van der Waals surface area contributed by atoms with Crippen molar-refractivity contribution in [3.8, 4) is 5.75 Å². The number of rotatable bonds is 6. The van der Waals surface area contributed by atoms with Gasteiger partial charge in [0.1, 0.15) is 5.82 Å². The minimum atomic E-state index is -0.979. The Labute approximate surface area is 148 Å². The highest BCUT2D eigenvalue weighted by atomic mass is 19.1. The van der Waals surface area contributed by atoms with Crippen LogP contribution in [0.4, 0.5) is 4.39 Å². The second-order valence-electron chi connectivity index (χ2n) is 5.35. The molecule has 0 radical (unpaired) electrons. The fraction of sp³-hybridized carbons (Fsp3) is 0.235. The third-order valence-corrected chi connectivity index (χ3v) is 3.60. The van der Waals surface area contributed by atoms with Crippen molar-refractivity contribution >= 4 is 11.8 Å². The van der Waals surface area contributed by atoms with E-state index in [-0.39, 0.29) is 24.3 Å². The first-order valence-corrected chi connectivity index (χ1v) is 7.56. The quantitative estimate of drug-likeness (QED) is 0.529. The van der Waals surface area contributed by atoms with Crippen LogP contribution >= 0.6 is 0 Å². The molecule has 0 aliphatic carbocycles. The number of hydrogen-bond acceptors (Lipinski definition) is 6. The fourth-order valence-electron chi connectivity index (χ4n) is 2.27. The van der Waals surface area contributed by atoms with Gasteiger partial charge in [0.05, 0.1) is 18.7 Å². The first-order valence-electron chi connectivity index (χ1n) is 7.56. The number of nitrogens with zero attached hydrogens (tertiary/aromatic N) is 2. The number of pyridine rings is 1. The van der Waals surface area contributed by atoms with E-state index in [4.69, 9.17) is 4.74 Å². The van der Waals surface area contributed by atoms with Gasteiger partial charge < -0.3 is 15.2 Å². The summed E-state index contributed by atoms with van der Waals surface area (Å²) < 4.78 is 17.9. The number of hydroxylamine groups is 2. The van der Waals surface area contributed by atoms with Crippen molar-refractivity contribution in [1.29, 1.82) is 0 Å². The number of nitrogens with one attached hydrogen (secondary N) is 1. The SMILES string of the molecule is CNC(=O)c1cnc(C(=O)N(O)Cc2ccc(F)cc2)c(O)c1COC. The average molecular weight is 363 g/mol. The van der Waals surface area contributed by atoms with Gasteiger partial charge in [-0.25, -0.2) is 14.4 Å². The molecule has 1 heterocycles. The monoisotopic (exact) mass is 363 g/mol. The van der Waals surface area contributed by atoms with Gasteiger partial charge in [0.2, 0.25) is 0 Å². The molecule has 0 bridgehead atoms. The van der Waals surface area contributed by atoms with Crippen LogP contribution in [0.2, 0.25) is 0 Å². The number of aromatic hydroxyl groups is 1. The smallest absolute Gasteiger partial charge is 0.299 e. The highest BCUT2D eigenvalue weighted by Gasteiger charge is 2.25. The van der Waals surface area contributed by atoms with Gasteiger partial charge in [-0.05, 0) is 17.7 Å². The summed E-state index contributed by atoms with van der Waals surface area (Å²) in [6.45, 7) is -0.377. The van der Waals surface area contributed by atoms with Crippen molar-refractivity contribution in [2.45, 2.75) is 13.2 Å². The van der Waals surface area contributed by atoms with E-state index in [0.717, 1.165) is 6.20 Å². The Bertz CT molecular complexity index is 811. The zero-order valence-electron chi connectivity index (χ0n) is 14.2. The number of hydrogen-bond donors (Lipinski definition) is 3. The molecular formula is C17H18FN3O5. The van der Waals surface area contributed by atoms with Gasteiger partial charge >= 0.3 is 0 Å². The molecule has 9 heteroatoms. The van der Waals surface area contributed by atoms with Gasteiger partial charge in [-0.15, -0.1) is 0 Å². The van der Waals surface area contributed by atoms with Crippen LogP contribution in [0.1, 0.15) is 32.0 Å². The largest absolute Gasteiger partial charge is 0.505 e. The van der Waals surface area contributed by atoms with Crippen molar-refractivity contribution in [2.24, 2.45) is 0 Å². The molecular weight excluding hydrogens is 345 g/mol. The van der Waals surface area contributed by atoms with E-state index in [1.165, 1.54) is 38.4 Å². The number of methoxy groups -OCH3 is 1. The number of ether oxygens (including phenoxy) is 1. The first-order chi connectivity index (χ1) is 12.4. The number of benzene rings is 1. The van der Waals surface area contributed by atoms with Crippen molar-refractivity contribution in [1.82, 2.24) is 15.4 Å². The lowest BCUT2D eigenvalue weighted by atomic mass is 10.1. The van der Waals surface area contributed by atoms with Crippen LogP contribution in [-0.2, 0) is 17.9 Å². The van der Waals surface area contributed by atoms with Gasteiger partial charge in [0, 0.05) is 25.9 Å². The molecule has 2 rings (SSSR count). The maximum atomic E-state index is 12.9. The zero-order chi connectivity index (χ0) is 19.3. The standard InChI is InChI=1S/C17H18FN3O5/c1-19-16(23)12-7-20-14(15(22)13(12)9-26-2)17(24)21(25)8-10-3-5-11(18)6-4-10/h3-7,22,25H,8-9H2,1-2H3,(H,19,23). The molecule has 8 nitrogen and oxygen atoms in total. The van der Waals surface area contributed by atoms with Crippen LogP contribution in [-0.4, -0.2) is 46.3 Å². The van der Waals surface area contributed by atoms with Crippen LogP contribution in [0.5, 0.6) is 5.75 Å². The van der Waals surface area contributed by atoms with Crippen molar-refractivity contribution in [2.75, 3.05) is 14.2 Å². The van der Waals surface area contributed by atoms with E-state index in [1.54, 1.807) is 0 Å². The van der Waals surface area contributed by atoms with Gasteiger partial charge in [-0.1, -0.05) is 12.1 Å². The lowest BCUT2D eigenvalue weighted by Crippen LogP contribution is -2.29. The Morgan fingerprint density at radius 1 is 1.31 bits per heavy atom. The van der Waals surface area contributed by atoms with E-state index in [1.807, 2.05) is 0 Å². The lowest BCUT2D eigenvalue weighted by molar-refractivity contribution is -0.0654. The topological polar surface area (TPSA) is 112 Å². The maximum absolute atomic E-state index is 12.9. The normalized spacial score (nSPS) is 10.5. The molecule has 138 valence electrons. The van der Waals surface area contributed by atoms with E-state index in [9.17, 15) is 24.3 Å². The molecule has 1 aromatic heterocycles. The Balaban J connectivity index is 2.31.